The Morgan fingerprint density at radius 3 is 2.55 bits per heavy atom. The van der Waals surface area contributed by atoms with Gasteiger partial charge in [0.05, 0.1) is 10.6 Å². The Morgan fingerprint density at radius 2 is 1.90 bits per heavy atom. The molecule has 2 aromatic rings. The topological polar surface area (TPSA) is 72.2 Å². The third-order valence-electron chi connectivity index (χ3n) is 2.66. The number of benzene rings is 2. The first-order chi connectivity index (χ1) is 9.44. The highest BCUT2D eigenvalue weighted by Crippen LogP contribution is 2.28. The van der Waals surface area contributed by atoms with E-state index in [4.69, 9.17) is 17.3 Å². The van der Waals surface area contributed by atoms with Crippen molar-refractivity contribution in [1.82, 2.24) is 0 Å². The second kappa shape index (κ2) is 6.13. The Hall–Kier alpha value is -1.08. The van der Waals surface area contributed by atoms with Crippen molar-refractivity contribution < 1.29 is 8.42 Å². The smallest absolute Gasteiger partial charge is 0.262 e. The summed E-state index contributed by atoms with van der Waals surface area (Å²) in [6, 6.07) is 11.4. The minimum absolute atomic E-state index is 0.152. The molecule has 3 N–H and O–H groups in total. The van der Waals surface area contributed by atoms with E-state index in [1.54, 1.807) is 36.4 Å². The number of anilines is 1. The Labute approximate surface area is 131 Å². The minimum Gasteiger partial charge on any atom is -0.326 e. The van der Waals surface area contributed by atoms with Gasteiger partial charge in [-0.1, -0.05) is 29.8 Å². The first kappa shape index (κ1) is 15.3. The second-order valence-electron chi connectivity index (χ2n) is 4.04. The summed E-state index contributed by atoms with van der Waals surface area (Å²) < 4.78 is 27.9. The van der Waals surface area contributed by atoms with Crippen molar-refractivity contribution in [3.63, 3.8) is 0 Å². The lowest BCUT2D eigenvalue weighted by Crippen LogP contribution is -2.16. The van der Waals surface area contributed by atoms with Crippen LogP contribution < -0.4 is 10.5 Å². The van der Waals surface area contributed by atoms with Gasteiger partial charge in [-0.05, 0) is 45.8 Å². The van der Waals surface area contributed by atoms with E-state index in [1.807, 2.05) is 0 Å². The van der Waals surface area contributed by atoms with Crippen LogP contribution in [-0.4, -0.2) is 8.42 Å². The third kappa shape index (κ3) is 3.32. The monoisotopic (exact) mass is 374 g/mol. The summed E-state index contributed by atoms with van der Waals surface area (Å²) in [7, 11) is -3.69. The molecule has 0 radical (unpaired) electrons. The van der Waals surface area contributed by atoms with Crippen LogP contribution in [0.5, 0.6) is 0 Å². The molecule has 0 saturated carbocycles. The average molecular weight is 376 g/mol. The second-order valence-corrected chi connectivity index (χ2v) is 6.98. The molecule has 0 spiro atoms. The molecule has 2 rings (SSSR count). The fourth-order valence-corrected chi connectivity index (χ4v) is 3.95. The van der Waals surface area contributed by atoms with Crippen LogP contribution in [0.15, 0.2) is 51.8 Å². The molecule has 0 amide bonds. The minimum atomic E-state index is -3.69. The van der Waals surface area contributed by atoms with Gasteiger partial charge in [0.25, 0.3) is 10.0 Å². The summed E-state index contributed by atoms with van der Waals surface area (Å²) in [6.07, 6.45) is 0. The number of hydrogen-bond acceptors (Lipinski definition) is 3. The van der Waals surface area contributed by atoms with Crippen LogP contribution in [0.1, 0.15) is 5.56 Å². The highest BCUT2D eigenvalue weighted by Gasteiger charge is 2.18. The summed E-state index contributed by atoms with van der Waals surface area (Å²) in [5.74, 6) is 0. The SMILES string of the molecule is NCc1ccccc1S(=O)(=O)Nc1ccc(Cl)cc1Br. The number of nitrogens with two attached hydrogens (primary N) is 1. The number of rotatable bonds is 4. The van der Waals surface area contributed by atoms with Crippen LogP contribution in [0.25, 0.3) is 0 Å². The van der Waals surface area contributed by atoms with Gasteiger partial charge in [-0.25, -0.2) is 8.42 Å². The molecule has 106 valence electrons. The molecular formula is C13H12BrClN2O2S. The summed E-state index contributed by atoms with van der Waals surface area (Å²) in [5.41, 5.74) is 6.55. The molecule has 0 aliphatic heterocycles. The van der Waals surface area contributed by atoms with Crippen LogP contribution in [0.2, 0.25) is 5.02 Å². The maximum absolute atomic E-state index is 12.4. The van der Waals surface area contributed by atoms with Gasteiger partial charge in [-0.2, -0.15) is 0 Å². The first-order valence-electron chi connectivity index (χ1n) is 5.70. The predicted molar refractivity (Wildman–Crippen MR) is 84.3 cm³/mol. The lowest BCUT2D eigenvalue weighted by Gasteiger charge is -2.12. The maximum atomic E-state index is 12.4. The molecule has 0 aliphatic rings. The van der Waals surface area contributed by atoms with Crippen LogP contribution in [-0.2, 0) is 16.6 Å². The molecule has 0 atom stereocenters. The van der Waals surface area contributed by atoms with Crippen LogP contribution in [0.3, 0.4) is 0 Å². The highest BCUT2D eigenvalue weighted by atomic mass is 79.9. The van der Waals surface area contributed by atoms with E-state index in [1.165, 1.54) is 6.07 Å². The summed E-state index contributed by atoms with van der Waals surface area (Å²) in [6.45, 7) is 0.152. The molecule has 0 heterocycles. The van der Waals surface area contributed by atoms with Crippen LogP contribution in [0, 0.1) is 0 Å². The van der Waals surface area contributed by atoms with Crippen molar-refractivity contribution in [3.05, 3.63) is 57.5 Å². The fourth-order valence-electron chi connectivity index (χ4n) is 1.71. The third-order valence-corrected chi connectivity index (χ3v) is 5.01. The molecule has 0 aromatic heterocycles. The molecule has 20 heavy (non-hydrogen) atoms. The van der Waals surface area contributed by atoms with Crippen molar-refractivity contribution in [2.24, 2.45) is 5.73 Å². The summed E-state index contributed by atoms with van der Waals surface area (Å²) >= 11 is 9.10. The van der Waals surface area contributed by atoms with Gasteiger partial charge in [-0.15, -0.1) is 0 Å². The zero-order valence-corrected chi connectivity index (χ0v) is 13.5. The number of hydrogen-bond donors (Lipinski definition) is 2. The number of halogens is 2. The van der Waals surface area contributed by atoms with E-state index in [9.17, 15) is 8.42 Å². The Bertz CT molecular complexity index is 735. The molecule has 4 nitrogen and oxygen atoms in total. The number of nitrogens with one attached hydrogen (secondary N) is 1. The van der Waals surface area contributed by atoms with E-state index in [0.29, 0.717) is 20.7 Å². The van der Waals surface area contributed by atoms with Crippen LogP contribution in [0.4, 0.5) is 5.69 Å². The lowest BCUT2D eigenvalue weighted by atomic mass is 10.2. The molecule has 0 unspecified atom stereocenters. The molecule has 0 fully saturated rings. The van der Waals surface area contributed by atoms with Crippen molar-refractivity contribution in [3.8, 4) is 0 Å². The molecule has 7 heteroatoms. The van der Waals surface area contributed by atoms with E-state index >= 15 is 0 Å². The van der Waals surface area contributed by atoms with Gasteiger partial charge in [0, 0.05) is 16.0 Å². The normalized spacial score (nSPS) is 11.3. The largest absolute Gasteiger partial charge is 0.326 e. The van der Waals surface area contributed by atoms with Crippen LogP contribution >= 0.6 is 27.5 Å². The molecule has 0 saturated heterocycles. The van der Waals surface area contributed by atoms with E-state index < -0.39 is 10.0 Å². The van der Waals surface area contributed by atoms with E-state index in [0.717, 1.165) is 0 Å². The number of sulfonamides is 1. The van der Waals surface area contributed by atoms with Crippen molar-refractivity contribution in [2.75, 3.05) is 4.72 Å². The van der Waals surface area contributed by atoms with Gasteiger partial charge < -0.3 is 5.73 Å². The standard InChI is InChI=1S/C13H12BrClN2O2S/c14-11-7-10(15)5-6-12(11)17-20(18,19)13-4-2-1-3-9(13)8-16/h1-7,17H,8,16H2. The van der Waals surface area contributed by atoms with Crippen molar-refractivity contribution >= 4 is 43.2 Å². The summed E-state index contributed by atoms with van der Waals surface area (Å²) in [4.78, 5) is 0.171. The molecule has 2 aromatic carbocycles. The Balaban J connectivity index is 2.41. The lowest BCUT2D eigenvalue weighted by molar-refractivity contribution is 0.600. The fraction of sp³-hybridized carbons (Fsp3) is 0.0769. The van der Waals surface area contributed by atoms with Gasteiger partial charge in [0.2, 0.25) is 0 Å². The van der Waals surface area contributed by atoms with Gasteiger partial charge in [-0.3, -0.25) is 4.72 Å². The molecular weight excluding hydrogens is 364 g/mol. The highest BCUT2D eigenvalue weighted by molar-refractivity contribution is 9.10. The predicted octanol–water partition coefficient (Wildman–Crippen LogP) is 3.36. The Morgan fingerprint density at radius 1 is 1.20 bits per heavy atom. The summed E-state index contributed by atoms with van der Waals surface area (Å²) in [5, 5.41) is 0.516. The first-order valence-corrected chi connectivity index (χ1v) is 8.35. The van der Waals surface area contributed by atoms with Gasteiger partial charge in [0.15, 0.2) is 0 Å². The molecule has 0 aliphatic carbocycles. The Kier molecular flexibility index (Phi) is 4.70. The van der Waals surface area contributed by atoms with Gasteiger partial charge in [0.1, 0.15) is 0 Å². The van der Waals surface area contributed by atoms with E-state index in [-0.39, 0.29) is 11.4 Å². The zero-order valence-electron chi connectivity index (χ0n) is 10.3. The van der Waals surface area contributed by atoms with Crippen molar-refractivity contribution in [2.45, 2.75) is 11.4 Å². The van der Waals surface area contributed by atoms with Crippen molar-refractivity contribution in [1.29, 1.82) is 0 Å². The quantitative estimate of drug-likeness (QED) is 0.860. The van der Waals surface area contributed by atoms with Gasteiger partial charge >= 0.3 is 0 Å². The maximum Gasteiger partial charge on any atom is 0.262 e. The zero-order chi connectivity index (χ0) is 14.8. The average Bonchev–Trinajstić information content (AvgIpc) is 2.42. The molecule has 0 bridgehead atoms. The van der Waals surface area contributed by atoms with E-state index in [2.05, 4.69) is 20.7 Å².